The Balaban J connectivity index is 2.35. The number of thiophene rings is 1. The van der Waals surface area contributed by atoms with Gasteiger partial charge in [-0.05, 0) is 23.8 Å². The monoisotopic (exact) mass is 308 g/mol. The van der Waals surface area contributed by atoms with Crippen LogP contribution in [0.1, 0.15) is 20.3 Å². The molecule has 2 N–H and O–H groups in total. The third-order valence-electron chi connectivity index (χ3n) is 3.05. The lowest BCUT2D eigenvalue weighted by atomic mass is 10.0. The molecule has 0 spiro atoms. The molecule has 0 aliphatic carbocycles. The predicted octanol–water partition coefficient (Wildman–Crippen LogP) is 2.73. The van der Waals surface area contributed by atoms with Crippen LogP contribution in [0.4, 0.5) is 11.8 Å². The minimum Gasteiger partial charge on any atom is -0.467 e. The molecule has 0 radical (unpaired) electrons. The first kappa shape index (κ1) is 15.5. The molecule has 21 heavy (non-hydrogen) atoms. The highest BCUT2D eigenvalue weighted by Gasteiger charge is 2.22. The van der Waals surface area contributed by atoms with Crippen molar-refractivity contribution < 1.29 is 9.53 Å². The Labute approximate surface area is 127 Å². The molecule has 2 heterocycles. The van der Waals surface area contributed by atoms with Gasteiger partial charge < -0.3 is 15.4 Å². The number of nitrogens with one attached hydrogen (secondary N) is 2. The van der Waals surface area contributed by atoms with Crippen molar-refractivity contribution in [2.45, 2.75) is 26.3 Å². The van der Waals surface area contributed by atoms with Crippen molar-refractivity contribution >= 4 is 39.3 Å². The number of esters is 1. The molecule has 0 aliphatic heterocycles. The standard InChI is InChI=1S/C14H20N4O2S/c1-8(2)7-10(13(19)20-4)16-11-9-5-6-21-12(9)18-14(15-3)17-11/h5-6,8,10H,7H2,1-4H3,(H2,15,16,17,18). The van der Waals surface area contributed by atoms with Crippen LogP contribution in [-0.4, -0.2) is 36.1 Å². The lowest BCUT2D eigenvalue weighted by molar-refractivity contribution is -0.141. The van der Waals surface area contributed by atoms with E-state index >= 15 is 0 Å². The Bertz CT molecular complexity index is 626. The summed E-state index contributed by atoms with van der Waals surface area (Å²) >= 11 is 1.54. The first-order valence-corrected chi connectivity index (χ1v) is 7.70. The van der Waals surface area contributed by atoms with Crippen molar-refractivity contribution in [1.82, 2.24) is 9.97 Å². The fourth-order valence-electron chi connectivity index (χ4n) is 2.07. The molecular formula is C14H20N4O2S. The minimum atomic E-state index is -0.419. The van der Waals surface area contributed by atoms with Gasteiger partial charge in [0.1, 0.15) is 16.7 Å². The van der Waals surface area contributed by atoms with Gasteiger partial charge in [0.25, 0.3) is 0 Å². The zero-order valence-corrected chi connectivity index (χ0v) is 13.5. The van der Waals surface area contributed by atoms with E-state index in [0.29, 0.717) is 24.1 Å². The summed E-state index contributed by atoms with van der Waals surface area (Å²) in [5.74, 6) is 1.27. The number of ether oxygens (including phenoxy) is 1. The molecule has 2 rings (SSSR count). The first-order chi connectivity index (χ1) is 10.0. The van der Waals surface area contributed by atoms with E-state index in [0.717, 1.165) is 10.2 Å². The third-order valence-corrected chi connectivity index (χ3v) is 3.86. The van der Waals surface area contributed by atoms with Crippen molar-refractivity contribution in [1.29, 1.82) is 0 Å². The molecule has 0 saturated carbocycles. The van der Waals surface area contributed by atoms with Gasteiger partial charge >= 0.3 is 5.97 Å². The molecule has 0 fully saturated rings. The van der Waals surface area contributed by atoms with E-state index in [-0.39, 0.29) is 5.97 Å². The third kappa shape index (κ3) is 3.60. The van der Waals surface area contributed by atoms with Crippen LogP contribution < -0.4 is 10.6 Å². The van der Waals surface area contributed by atoms with E-state index in [1.54, 1.807) is 7.05 Å². The molecule has 7 heteroatoms. The van der Waals surface area contributed by atoms with Gasteiger partial charge in [-0.2, -0.15) is 4.98 Å². The van der Waals surface area contributed by atoms with Crippen LogP contribution in [0.25, 0.3) is 10.2 Å². The maximum atomic E-state index is 11.9. The van der Waals surface area contributed by atoms with E-state index in [9.17, 15) is 4.79 Å². The van der Waals surface area contributed by atoms with Crippen LogP contribution in [0.3, 0.4) is 0 Å². The molecule has 0 saturated heterocycles. The Hall–Kier alpha value is -1.89. The number of nitrogens with zero attached hydrogens (tertiary/aromatic N) is 2. The molecule has 1 atom stereocenters. The second kappa shape index (κ2) is 6.71. The number of anilines is 2. The van der Waals surface area contributed by atoms with Crippen LogP contribution in [-0.2, 0) is 9.53 Å². The summed E-state index contributed by atoms with van der Waals surface area (Å²) in [6, 6.07) is 1.53. The number of hydrogen-bond donors (Lipinski definition) is 2. The topological polar surface area (TPSA) is 76.1 Å². The number of fused-ring (bicyclic) bond motifs is 1. The van der Waals surface area contributed by atoms with Crippen LogP contribution in [0.15, 0.2) is 11.4 Å². The highest BCUT2D eigenvalue weighted by atomic mass is 32.1. The van der Waals surface area contributed by atoms with Crippen molar-refractivity contribution in [3.05, 3.63) is 11.4 Å². The lowest BCUT2D eigenvalue weighted by Gasteiger charge is -2.19. The summed E-state index contributed by atoms with van der Waals surface area (Å²) in [6.07, 6.45) is 0.678. The Morgan fingerprint density at radius 1 is 1.43 bits per heavy atom. The van der Waals surface area contributed by atoms with Crippen molar-refractivity contribution in [2.75, 3.05) is 24.8 Å². The number of rotatable bonds is 6. The Morgan fingerprint density at radius 2 is 2.19 bits per heavy atom. The summed E-state index contributed by atoms with van der Waals surface area (Å²) in [5, 5.41) is 9.01. The molecule has 0 bridgehead atoms. The molecular weight excluding hydrogens is 288 g/mol. The van der Waals surface area contributed by atoms with E-state index in [1.165, 1.54) is 18.4 Å². The number of carbonyl (C=O) groups excluding carboxylic acids is 1. The van der Waals surface area contributed by atoms with Gasteiger partial charge in [-0.15, -0.1) is 11.3 Å². The summed E-state index contributed by atoms with van der Waals surface area (Å²) in [4.78, 5) is 21.6. The fourth-order valence-corrected chi connectivity index (χ4v) is 2.83. The van der Waals surface area contributed by atoms with Gasteiger partial charge in [-0.3, -0.25) is 0 Å². The largest absolute Gasteiger partial charge is 0.467 e. The molecule has 2 aromatic rings. The molecule has 2 aromatic heterocycles. The summed E-state index contributed by atoms with van der Waals surface area (Å²) in [6.45, 7) is 4.13. The average Bonchev–Trinajstić information content (AvgIpc) is 2.93. The summed E-state index contributed by atoms with van der Waals surface area (Å²) in [7, 11) is 3.17. The quantitative estimate of drug-likeness (QED) is 0.799. The van der Waals surface area contributed by atoms with E-state index in [2.05, 4.69) is 34.4 Å². The minimum absolute atomic E-state index is 0.281. The number of methoxy groups -OCH3 is 1. The second-order valence-corrected chi connectivity index (χ2v) is 6.03. The van der Waals surface area contributed by atoms with Crippen molar-refractivity contribution in [2.24, 2.45) is 5.92 Å². The van der Waals surface area contributed by atoms with Gasteiger partial charge in [0.2, 0.25) is 5.95 Å². The van der Waals surface area contributed by atoms with E-state index in [4.69, 9.17) is 4.74 Å². The maximum absolute atomic E-state index is 11.9. The predicted molar refractivity (Wildman–Crippen MR) is 85.8 cm³/mol. The highest BCUT2D eigenvalue weighted by molar-refractivity contribution is 7.16. The van der Waals surface area contributed by atoms with Crippen molar-refractivity contribution in [3.63, 3.8) is 0 Å². The van der Waals surface area contributed by atoms with Crippen LogP contribution >= 0.6 is 11.3 Å². The van der Waals surface area contributed by atoms with Gasteiger partial charge in [-0.1, -0.05) is 13.8 Å². The average molecular weight is 308 g/mol. The summed E-state index contributed by atoms with van der Waals surface area (Å²) < 4.78 is 4.88. The number of hydrogen-bond acceptors (Lipinski definition) is 7. The van der Waals surface area contributed by atoms with Crippen LogP contribution in [0, 0.1) is 5.92 Å². The zero-order chi connectivity index (χ0) is 15.4. The lowest BCUT2D eigenvalue weighted by Crippen LogP contribution is -2.32. The van der Waals surface area contributed by atoms with Crippen LogP contribution in [0.5, 0.6) is 0 Å². The van der Waals surface area contributed by atoms with Gasteiger partial charge in [0.15, 0.2) is 0 Å². The zero-order valence-electron chi connectivity index (χ0n) is 12.6. The molecule has 1 unspecified atom stereocenters. The van der Waals surface area contributed by atoms with Gasteiger partial charge in [0, 0.05) is 7.05 Å². The smallest absolute Gasteiger partial charge is 0.328 e. The van der Waals surface area contributed by atoms with Gasteiger partial charge in [0.05, 0.1) is 12.5 Å². The Kier molecular flexibility index (Phi) is 4.95. The number of aromatic nitrogens is 2. The highest BCUT2D eigenvalue weighted by Crippen LogP contribution is 2.27. The summed E-state index contributed by atoms with van der Waals surface area (Å²) in [5.41, 5.74) is 0. The van der Waals surface area contributed by atoms with Crippen molar-refractivity contribution in [3.8, 4) is 0 Å². The molecule has 114 valence electrons. The van der Waals surface area contributed by atoms with Gasteiger partial charge in [-0.25, -0.2) is 9.78 Å². The SMILES string of the molecule is CNc1nc(NC(CC(C)C)C(=O)OC)c2ccsc2n1. The first-order valence-electron chi connectivity index (χ1n) is 6.82. The van der Waals surface area contributed by atoms with E-state index < -0.39 is 6.04 Å². The molecule has 0 aromatic carbocycles. The molecule has 0 aliphatic rings. The maximum Gasteiger partial charge on any atom is 0.328 e. The second-order valence-electron chi connectivity index (χ2n) is 5.13. The normalized spacial score (nSPS) is 12.4. The van der Waals surface area contributed by atoms with E-state index in [1.807, 2.05) is 11.4 Å². The molecule has 6 nitrogen and oxygen atoms in total. The van der Waals surface area contributed by atoms with Crippen LogP contribution in [0.2, 0.25) is 0 Å². The molecule has 0 amide bonds. The fraction of sp³-hybridized carbons (Fsp3) is 0.500. The number of carbonyl (C=O) groups is 1. The Morgan fingerprint density at radius 3 is 2.81 bits per heavy atom.